The van der Waals surface area contributed by atoms with E-state index in [0.717, 1.165) is 18.4 Å². The average Bonchev–Trinajstić information content (AvgIpc) is 2.93. The second kappa shape index (κ2) is 17.6. The molecule has 0 saturated heterocycles. The lowest BCUT2D eigenvalue weighted by Gasteiger charge is -2.31. The van der Waals surface area contributed by atoms with Gasteiger partial charge in [0.2, 0.25) is 5.91 Å². The Bertz CT molecular complexity index is 990. The molecule has 2 rings (SSSR count). The van der Waals surface area contributed by atoms with Gasteiger partial charge < -0.3 is 30.1 Å². The van der Waals surface area contributed by atoms with E-state index in [1.54, 1.807) is 25.2 Å². The molecule has 0 fully saturated rings. The number of nitrogens with one attached hydrogen (secondary N) is 2. The van der Waals surface area contributed by atoms with E-state index >= 15 is 0 Å². The zero-order chi connectivity index (χ0) is 28.6. The Balaban J connectivity index is 2.12. The Morgan fingerprint density at radius 3 is 2.36 bits per heavy atom. The number of rotatable bonds is 17. The van der Waals surface area contributed by atoms with Crippen molar-refractivity contribution in [3.05, 3.63) is 60.2 Å². The number of amides is 2. The Hall–Kier alpha value is -3.01. The Morgan fingerprint density at radius 2 is 1.72 bits per heavy atom. The fourth-order valence-electron chi connectivity index (χ4n) is 3.93. The minimum Gasteiger partial charge on any atom is -0.497 e. The third kappa shape index (κ3) is 12.1. The predicted octanol–water partition coefficient (Wildman–Crippen LogP) is 4.17. The quantitative estimate of drug-likeness (QED) is 0.150. The third-order valence-electron chi connectivity index (χ3n) is 6.34. The van der Waals surface area contributed by atoms with E-state index in [9.17, 15) is 14.7 Å². The Morgan fingerprint density at radius 1 is 1.03 bits per heavy atom. The van der Waals surface area contributed by atoms with E-state index in [-0.39, 0.29) is 25.6 Å². The van der Waals surface area contributed by atoms with Gasteiger partial charge in [0.1, 0.15) is 17.7 Å². The molecule has 3 N–H and O–H groups in total. The molecule has 2 amide bonds. The number of methoxy groups -OCH3 is 1. The molecule has 0 radical (unpaired) electrons. The summed E-state index contributed by atoms with van der Waals surface area (Å²) in [6.45, 7) is 6.66. The van der Waals surface area contributed by atoms with E-state index < -0.39 is 23.6 Å². The van der Waals surface area contributed by atoms with Crippen LogP contribution in [-0.4, -0.2) is 73.0 Å². The minimum absolute atomic E-state index is 0.0326. The van der Waals surface area contributed by atoms with Crippen molar-refractivity contribution < 1.29 is 29.0 Å². The van der Waals surface area contributed by atoms with Gasteiger partial charge in [0.25, 0.3) is 0 Å². The van der Waals surface area contributed by atoms with Crippen molar-refractivity contribution in [2.24, 2.45) is 5.92 Å². The summed E-state index contributed by atoms with van der Waals surface area (Å²) in [4.78, 5) is 30.4. The van der Waals surface area contributed by atoms with Crippen LogP contribution in [0.25, 0.3) is 0 Å². The van der Waals surface area contributed by atoms with Gasteiger partial charge in [-0.1, -0.05) is 63.1 Å². The molecular weight excluding hydrogens is 522 g/mol. The summed E-state index contributed by atoms with van der Waals surface area (Å²) in [5.74, 6) is 1.28. The lowest BCUT2D eigenvalue weighted by atomic mass is 10.00. The van der Waals surface area contributed by atoms with E-state index in [2.05, 4.69) is 24.5 Å². The first kappa shape index (κ1) is 32.2. The summed E-state index contributed by atoms with van der Waals surface area (Å²) in [5, 5.41) is 17.8. The lowest BCUT2D eigenvalue weighted by molar-refractivity contribution is -0.120. The van der Waals surface area contributed by atoms with Crippen LogP contribution in [0, 0.1) is 5.92 Å². The van der Waals surface area contributed by atoms with Crippen LogP contribution < -0.4 is 20.2 Å². The maximum atomic E-state index is 12.6. The number of aliphatic hydroxyl groups is 1. The van der Waals surface area contributed by atoms with Gasteiger partial charge in [0.05, 0.1) is 32.3 Å². The summed E-state index contributed by atoms with van der Waals surface area (Å²) < 4.78 is 10.6. The number of hydrogen-bond acceptors (Lipinski definition) is 7. The highest BCUT2D eigenvalue weighted by Gasteiger charge is 2.27. The van der Waals surface area contributed by atoms with E-state index in [1.807, 2.05) is 48.5 Å². The molecule has 0 saturated carbocycles. The predicted molar refractivity (Wildman–Crippen MR) is 152 cm³/mol. The van der Waals surface area contributed by atoms with E-state index in [0.29, 0.717) is 30.4 Å². The summed E-state index contributed by atoms with van der Waals surface area (Å²) in [6, 6.07) is 16.2. The zero-order valence-corrected chi connectivity index (χ0v) is 24.0. The molecule has 0 heterocycles. The van der Waals surface area contributed by atoms with Crippen LogP contribution in [-0.2, 0) is 16.0 Å². The second-order valence-corrected chi connectivity index (χ2v) is 10.0. The largest absolute Gasteiger partial charge is 0.497 e. The van der Waals surface area contributed by atoms with Crippen molar-refractivity contribution in [2.45, 2.75) is 57.6 Å². The molecule has 9 nitrogen and oxygen atoms in total. The number of benzene rings is 2. The molecule has 0 aliphatic rings. The second-order valence-electron chi connectivity index (χ2n) is 9.35. The molecule has 0 aliphatic heterocycles. The van der Waals surface area contributed by atoms with Crippen molar-refractivity contribution >= 4 is 23.6 Å². The fraction of sp³-hybridized carbons (Fsp3) is 0.517. The number of nitrogens with zero attached hydrogens (tertiary/aromatic N) is 1. The molecular formula is C29H42ClN3O6. The number of halogens is 1. The highest BCUT2D eigenvalue weighted by molar-refractivity contribution is 6.30. The van der Waals surface area contributed by atoms with E-state index in [4.69, 9.17) is 25.9 Å². The van der Waals surface area contributed by atoms with Crippen LogP contribution in [0.5, 0.6) is 11.5 Å². The number of ether oxygens (including phenoxy) is 2. The monoisotopic (exact) mass is 563 g/mol. The van der Waals surface area contributed by atoms with Crippen molar-refractivity contribution in [2.75, 3.05) is 33.4 Å². The lowest BCUT2D eigenvalue weighted by Crippen LogP contribution is -2.51. The van der Waals surface area contributed by atoms with Crippen molar-refractivity contribution in [1.82, 2.24) is 15.7 Å². The first-order valence-corrected chi connectivity index (χ1v) is 13.8. The normalized spacial score (nSPS) is 13.4. The molecule has 3 atom stereocenters. The Kier molecular flexibility index (Phi) is 14.5. The van der Waals surface area contributed by atoms with Crippen molar-refractivity contribution in [3.63, 3.8) is 0 Å². The number of hydrogen-bond donors (Lipinski definition) is 3. The smallest absolute Gasteiger partial charge is 0.407 e. The highest BCUT2D eigenvalue weighted by Crippen LogP contribution is 2.21. The first-order chi connectivity index (χ1) is 18.7. The van der Waals surface area contributed by atoms with Gasteiger partial charge in [-0.3, -0.25) is 4.79 Å². The molecule has 2 aromatic carbocycles. The van der Waals surface area contributed by atoms with Crippen LogP contribution in [0.2, 0.25) is 0 Å². The van der Waals surface area contributed by atoms with Gasteiger partial charge in [0.15, 0.2) is 5.75 Å². The number of alkyl carbamates (subject to hydrolysis) is 1. The molecule has 2 aromatic rings. The standard InChI is InChI=1S/C29H42ClN3O6/c1-5-22(6-2)19-33(39-25-14-10-13-24(18-25)37-4)20-27(34)26(17-23-11-8-7-9-12-23)32-29(36)38-16-15-31-28(35)21(3)30/h7-14,18,21-22,26-27,34H,5-6,15-17,19-20H2,1-4H3,(H,31,35)(H,32,36). The summed E-state index contributed by atoms with van der Waals surface area (Å²) in [5.41, 5.74) is 0.950. The molecule has 0 spiro atoms. The summed E-state index contributed by atoms with van der Waals surface area (Å²) in [6.07, 6.45) is 0.636. The Labute approximate surface area is 236 Å². The topological polar surface area (TPSA) is 109 Å². The van der Waals surface area contributed by atoms with Gasteiger partial charge in [-0.2, -0.15) is 0 Å². The third-order valence-corrected chi connectivity index (χ3v) is 6.54. The molecule has 39 heavy (non-hydrogen) atoms. The van der Waals surface area contributed by atoms with Gasteiger partial charge in [-0.05, 0) is 37.0 Å². The fourth-order valence-corrected chi connectivity index (χ4v) is 4.01. The first-order valence-electron chi connectivity index (χ1n) is 13.4. The zero-order valence-electron chi connectivity index (χ0n) is 23.3. The number of carbonyl (C=O) groups excluding carboxylic acids is 2. The maximum absolute atomic E-state index is 12.6. The van der Waals surface area contributed by atoms with Gasteiger partial charge in [-0.15, -0.1) is 16.7 Å². The maximum Gasteiger partial charge on any atom is 0.407 e. The van der Waals surface area contributed by atoms with Crippen LogP contribution >= 0.6 is 11.6 Å². The summed E-state index contributed by atoms with van der Waals surface area (Å²) >= 11 is 5.73. The number of aliphatic hydroxyl groups excluding tert-OH is 1. The van der Waals surface area contributed by atoms with Crippen LogP contribution in [0.15, 0.2) is 54.6 Å². The van der Waals surface area contributed by atoms with Crippen molar-refractivity contribution in [1.29, 1.82) is 0 Å². The summed E-state index contributed by atoms with van der Waals surface area (Å²) in [7, 11) is 1.59. The molecule has 216 valence electrons. The SMILES string of the molecule is CCC(CC)CN(CC(O)C(Cc1ccccc1)NC(=O)OCCNC(=O)C(C)Cl)Oc1cccc(OC)c1. The van der Waals surface area contributed by atoms with Gasteiger partial charge in [0, 0.05) is 12.6 Å². The molecule has 10 heteroatoms. The number of alkyl halides is 1. The average molecular weight is 564 g/mol. The molecule has 0 aliphatic carbocycles. The molecule has 0 aromatic heterocycles. The van der Waals surface area contributed by atoms with Gasteiger partial charge >= 0.3 is 6.09 Å². The van der Waals surface area contributed by atoms with Crippen molar-refractivity contribution in [3.8, 4) is 11.5 Å². The number of hydroxylamine groups is 2. The molecule has 0 bridgehead atoms. The van der Waals surface area contributed by atoms with Crippen LogP contribution in [0.4, 0.5) is 4.79 Å². The van der Waals surface area contributed by atoms with Crippen LogP contribution in [0.3, 0.4) is 0 Å². The van der Waals surface area contributed by atoms with E-state index in [1.165, 1.54) is 0 Å². The molecule has 3 unspecified atom stereocenters. The van der Waals surface area contributed by atoms with Gasteiger partial charge in [-0.25, -0.2) is 4.79 Å². The minimum atomic E-state index is -0.977. The van der Waals surface area contributed by atoms with Crippen LogP contribution in [0.1, 0.15) is 39.2 Å². The number of carbonyl (C=O) groups is 2. The highest BCUT2D eigenvalue weighted by atomic mass is 35.5.